The summed E-state index contributed by atoms with van der Waals surface area (Å²) >= 11 is 0. The number of hydrogen-bond donors (Lipinski definition) is 2. The van der Waals surface area contributed by atoms with E-state index in [1.807, 2.05) is 12.1 Å². The number of amides is 1. The minimum Gasteiger partial charge on any atom is -0.354 e. The van der Waals surface area contributed by atoms with E-state index in [9.17, 15) is 4.79 Å². The highest BCUT2D eigenvalue weighted by atomic mass is 16.1. The molecule has 2 aromatic rings. The lowest BCUT2D eigenvalue weighted by Crippen LogP contribution is -2.36. The highest BCUT2D eigenvalue weighted by Gasteiger charge is 2.17. The van der Waals surface area contributed by atoms with E-state index in [4.69, 9.17) is 0 Å². The van der Waals surface area contributed by atoms with E-state index in [1.54, 1.807) is 12.3 Å². The summed E-state index contributed by atoms with van der Waals surface area (Å²) in [6.45, 7) is 4.19. The summed E-state index contributed by atoms with van der Waals surface area (Å²) in [5, 5.41) is 6.42. The SMILES string of the molecule is Cc1ccc(Nc2ccc(C(=O)NC3CCCCC3)nc2)cc1C. The molecule has 1 aromatic heterocycles. The maximum Gasteiger partial charge on any atom is 0.270 e. The second kappa shape index (κ2) is 7.47. The molecular formula is C20H25N3O. The first-order valence-corrected chi connectivity index (χ1v) is 8.73. The van der Waals surface area contributed by atoms with Crippen LogP contribution in [0, 0.1) is 13.8 Å². The van der Waals surface area contributed by atoms with E-state index in [2.05, 4.69) is 41.6 Å². The molecule has 126 valence electrons. The Labute approximate surface area is 143 Å². The molecule has 3 rings (SSSR count). The Morgan fingerprint density at radius 2 is 1.75 bits per heavy atom. The largest absolute Gasteiger partial charge is 0.354 e. The Morgan fingerprint density at radius 1 is 1.00 bits per heavy atom. The van der Waals surface area contributed by atoms with E-state index in [-0.39, 0.29) is 5.91 Å². The van der Waals surface area contributed by atoms with Gasteiger partial charge in [0.25, 0.3) is 5.91 Å². The van der Waals surface area contributed by atoms with Crippen LogP contribution in [0.1, 0.15) is 53.7 Å². The number of anilines is 2. The Bertz CT molecular complexity index is 703. The van der Waals surface area contributed by atoms with Gasteiger partial charge in [-0.2, -0.15) is 0 Å². The fourth-order valence-corrected chi connectivity index (χ4v) is 3.09. The van der Waals surface area contributed by atoms with Crippen molar-refractivity contribution >= 4 is 17.3 Å². The number of carbonyl (C=O) groups excluding carboxylic acids is 1. The van der Waals surface area contributed by atoms with Gasteiger partial charge in [-0.15, -0.1) is 0 Å². The Kier molecular flexibility index (Phi) is 5.14. The molecule has 0 saturated heterocycles. The van der Waals surface area contributed by atoms with Gasteiger partial charge in [-0.1, -0.05) is 25.3 Å². The number of nitrogens with zero attached hydrogens (tertiary/aromatic N) is 1. The van der Waals surface area contributed by atoms with Gasteiger partial charge in [0.2, 0.25) is 0 Å². The van der Waals surface area contributed by atoms with Crippen molar-refractivity contribution in [3.8, 4) is 0 Å². The standard InChI is InChI=1S/C20H25N3O/c1-14-8-9-17(12-15(14)2)22-18-10-11-19(21-13-18)20(24)23-16-6-4-3-5-7-16/h8-13,16,22H,3-7H2,1-2H3,(H,23,24). The van der Waals surface area contributed by atoms with Gasteiger partial charge in [0.15, 0.2) is 0 Å². The van der Waals surface area contributed by atoms with Crippen LogP contribution in [0.2, 0.25) is 0 Å². The quantitative estimate of drug-likeness (QED) is 0.870. The molecule has 24 heavy (non-hydrogen) atoms. The first kappa shape index (κ1) is 16.5. The van der Waals surface area contributed by atoms with Gasteiger partial charge in [-0.25, -0.2) is 4.98 Å². The van der Waals surface area contributed by atoms with Crippen LogP contribution in [-0.4, -0.2) is 16.9 Å². The number of benzene rings is 1. The molecule has 1 aromatic carbocycles. The summed E-state index contributed by atoms with van der Waals surface area (Å²) in [6.07, 6.45) is 7.57. The van der Waals surface area contributed by atoms with E-state index >= 15 is 0 Å². The molecule has 0 unspecified atom stereocenters. The molecule has 1 amide bonds. The molecule has 4 heteroatoms. The van der Waals surface area contributed by atoms with Crippen molar-refractivity contribution in [3.63, 3.8) is 0 Å². The van der Waals surface area contributed by atoms with Crippen LogP contribution >= 0.6 is 0 Å². The molecule has 1 heterocycles. The van der Waals surface area contributed by atoms with E-state index < -0.39 is 0 Å². The predicted molar refractivity (Wildman–Crippen MR) is 97.8 cm³/mol. The van der Waals surface area contributed by atoms with Crippen LogP contribution in [0.15, 0.2) is 36.5 Å². The third kappa shape index (κ3) is 4.13. The van der Waals surface area contributed by atoms with Gasteiger partial charge in [-0.05, 0) is 62.1 Å². The van der Waals surface area contributed by atoms with Crippen LogP contribution < -0.4 is 10.6 Å². The number of aromatic nitrogens is 1. The van der Waals surface area contributed by atoms with E-state index in [0.29, 0.717) is 11.7 Å². The lowest BCUT2D eigenvalue weighted by molar-refractivity contribution is 0.0922. The summed E-state index contributed by atoms with van der Waals surface area (Å²) < 4.78 is 0. The van der Waals surface area contributed by atoms with Crippen molar-refractivity contribution in [2.24, 2.45) is 0 Å². The first-order chi connectivity index (χ1) is 11.6. The number of nitrogens with one attached hydrogen (secondary N) is 2. The van der Waals surface area contributed by atoms with Gasteiger partial charge in [0.1, 0.15) is 5.69 Å². The highest BCUT2D eigenvalue weighted by Crippen LogP contribution is 2.20. The molecule has 0 spiro atoms. The smallest absolute Gasteiger partial charge is 0.270 e. The Balaban J connectivity index is 1.61. The second-order valence-electron chi connectivity index (χ2n) is 6.66. The normalized spacial score (nSPS) is 15.1. The maximum absolute atomic E-state index is 12.3. The fraction of sp³-hybridized carbons (Fsp3) is 0.400. The minimum absolute atomic E-state index is 0.0698. The summed E-state index contributed by atoms with van der Waals surface area (Å²) in [6, 6.07) is 10.2. The van der Waals surface area contributed by atoms with Gasteiger partial charge in [0, 0.05) is 11.7 Å². The molecule has 0 atom stereocenters. The van der Waals surface area contributed by atoms with Crippen LogP contribution in [-0.2, 0) is 0 Å². The van der Waals surface area contributed by atoms with E-state index in [0.717, 1.165) is 24.2 Å². The summed E-state index contributed by atoms with van der Waals surface area (Å²) in [5.41, 5.74) is 4.91. The maximum atomic E-state index is 12.3. The van der Waals surface area contributed by atoms with Gasteiger partial charge >= 0.3 is 0 Å². The second-order valence-corrected chi connectivity index (χ2v) is 6.66. The number of hydrogen-bond acceptors (Lipinski definition) is 3. The molecule has 1 saturated carbocycles. The van der Waals surface area contributed by atoms with Gasteiger partial charge in [0.05, 0.1) is 11.9 Å². The third-order valence-electron chi connectivity index (χ3n) is 4.73. The zero-order valence-corrected chi connectivity index (χ0v) is 14.4. The molecule has 1 fully saturated rings. The summed E-state index contributed by atoms with van der Waals surface area (Å²) in [5.74, 6) is -0.0698. The Morgan fingerprint density at radius 3 is 2.42 bits per heavy atom. The number of aryl methyl sites for hydroxylation is 2. The van der Waals surface area contributed by atoms with Gasteiger partial charge in [-0.3, -0.25) is 4.79 Å². The molecule has 1 aliphatic rings. The number of pyridine rings is 1. The van der Waals surface area contributed by atoms with Crippen LogP contribution in [0.5, 0.6) is 0 Å². The Hall–Kier alpha value is -2.36. The molecule has 0 bridgehead atoms. The zero-order chi connectivity index (χ0) is 16.9. The van der Waals surface area contributed by atoms with E-state index in [1.165, 1.54) is 30.4 Å². The van der Waals surface area contributed by atoms with Gasteiger partial charge < -0.3 is 10.6 Å². The molecule has 2 N–H and O–H groups in total. The van der Waals surface area contributed by atoms with Crippen molar-refractivity contribution in [1.82, 2.24) is 10.3 Å². The lowest BCUT2D eigenvalue weighted by Gasteiger charge is -2.22. The molecular weight excluding hydrogens is 298 g/mol. The number of carbonyl (C=O) groups is 1. The first-order valence-electron chi connectivity index (χ1n) is 8.73. The molecule has 1 aliphatic carbocycles. The fourth-order valence-electron chi connectivity index (χ4n) is 3.09. The van der Waals surface area contributed by atoms with Crippen LogP contribution in [0.3, 0.4) is 0 Å². The predicted octanol–water partition coefficient (Wildman–Crippen LogP) is 4.50. The summed E-state index contributed by atoms with van der Waals surface area (Å²) in [4.78, 5) is 16.6. The van der Waals surface area contributed by atoms with Crippen molar-refractivity contribution in [1.29, 1.82) is 0 Å². The van der Waals surface area contributed by atoms with Crippen LogP contribution in [0.25, 0.3) is 0 Å². The zero-order valence-electron chi connectivity index (χ0n) is 14.4. The van der Waals surface area contributed by atoms with Crippen molar-refractivity contribution in [2.45, 2.75) is 52.0 Å². The number of rotatable bonds is 4. The molecule has 0 radical (unpaired) electrons. The lowest BCUT2D eigenvalue weighted by atomic mass is 9.95. The van der Waals surface area contributed by atoms with Crippen molar-refractivity contribution in [2.75, 3.05) is 5.32 Å². The summed E-state index contributed by atoms with van der Waals surface area (Å²) in [7, 11) is 0. The average Bonchev–Trinajstić information content (AvgIpc) is 2.60. The van der Waals surface area contributed by atoms with Crippen molar-refractivity contribution < 1.29 is 4.79 Å². The minimum atomic E-state index is -0.0698. The monoisotopic (exact) mass is 323 g/mol. The molecule has 4 nitrogen and oxygen atoms in total. The highest BCUT2D eigenvalue weighted by molar-refractivity contribution is 5.92. The van der Waals surface area contributed by atoms with Crippen molar-refractivity contribution in [3.05, 3.63) is 53.3 Å². The topological polar surface area (TPSA) is 54.0 Å². The third-order valence-corrected chi connectivity index (χ3v) is 4.73. The average molecular weight is 323 g/mol. The molecule has 0 aliphatic heterocycles. The van der Waals surface area contributed by atoms with Crippen LogP contribution in [0.4, 0.5) is 11.4 Å².